The number of aromatic nitrogens is 4. The minimum absolute atomic E-state index is 0.0973. The van der Waals surface area contributed by atoms with Crippen LogP contribution in [-0.2, 0) is 23.2 Å². The molecule has 0 unspecified atom stereocenters. The molecule has 122 valence electrons. The Morgan fingerprint density at radius 2 is 2.17 bits per heavy atom. The number of methoxy groups -OCH3 is 1. The molecule has 0 atom stereocenters. The zero-order valence-corrected chi connectivity index (χ0v) is 12.9. The van der Waals surface area contributed by atoms with Gasteiger partial charge in [-0.15, -0.1) is 0 Å². The predicted octanol–water partition coefficient (Wildman–Crippen LogP) is 0.631. The maximum atomic E-state index is 12.1. The van der Waals surface area contributed by atoms with Crippen molar-refractivity contribution in [3.05, 3.63) is 39.8 Å². The third-order valence-corrected chi connectivity index (χ3v) is 3.71. The van der Waals surface area contributed by atoms with Gasteiger partial charge in [-0.05, 0) is 40.8 Å². The summed E-state index contributed by atoms with van der Waals surface area (Å²) in [5, 5.41) is 7.61. The van der Waals surface area contributed by atoms with Crippen molar-refractivity contribution in [2.45, 2.75) is 25.4 Å². The summed E-state index contributed by atoms with van der Waals surface area (Å²) >= 11 is 0. The van der Waals surface area contributed by atoms with E-state index in [0.717, 1.165) is 28.7 Å². The Balaban J connectivity index is 1.95. The van der Waals surface area contributed by atoms with E-state index < -0.39 is 6.09 Å². The van der Waals surface area contributed by atoms with Crippen molar-refractivity contribution in [1.82, 2.24) is 25.3 Å². The minimum Gasteiger partial charge on any atom is -0.451 e. The number of hydroxylamine groups is 1. The number of tetrazole rings is 1. The zero-order valence-electron chi connectivity index (χ0n) is 12.9. The molecule has 1 aliphatic rings. The number of carbonyl (C=O) groups excluding carboxylic acids is 1. The first-order valence-electron chi connectivity index (χ1n) is 7.18. The molecule has 0 radical (unpaired) electrons. The van der Waals surface area contributed by atoms with Crippen LogP contribution in [0.25, 0.3) is 5.69 Å². The number of carbonyl (C=O) groups is 1. The highest BCUT2D eigenvalue weighted by atomic mass is 16.7. The number of hydrogen-bond acceptors (Lipinski definition) is 6. The smallest absolute Gasteiger partial charge is 0.431 e. The lowest BCUT2D eigenvalue weighted by molar-refractivity contribution is 0.0247. The fraction of sp³-hybridized carbons (Fsp3) is 0.429. The van der Waals surface area contributed by atoms with Gasteiger partial charge >= 0.3 is 11.8 Å². The van der Waals surface area contributed by atoms with Gasteiger partial charge in [0.25, 0.3) is 0 Å². The summed E-state index contributed by atoms with van der Waals surface area (Å²) in [4.78, 5) is 28.4. The lowest BCUT2D eigenvalue weighted by Gasteiger charge is -2.13. The molecule has 1 N–H and O–H groups in total. The van der Waals surface area contributed by atoms with E-state index in [9.17, 15) is 9.59 Å². The molecule has 1 aromatic carbocycles. The number of rotatable bonds is 5. The third-order valence-electron chi connectivity index (χ3n) is 3.71. The quantitative estimate of drug-likeness (QED) is 0.811. The monoisotopic (exact) mass is 319 g/mol. The van der Waals surface area contributed by atoms with Crippen LogP contribution < -0.4 is 11.2 Å². The highest BCUT2D eigenvalue weighted by Crippen LogP contribution is 2.42. The van der Waals surface area contributed by atoms with Gasteiger partial charge < -0.3 is 4.74 Å². The van der Waals surface area contributed by atoms with Crippen LogP contribution in [0.5, 0.6) is 0 Å². The van der Waals surface area contributed by atoms with Crippen molar-refractivity contribution < 1.29 is 14.4 Å². The first-order chi connectivity index (χ1) is 11.1. The van der Waals surface area contributed by atoms with Gasteiger partial charge in [0.05, 0.1) is 12.8 Å². The molecule has 3 rings (SSSR count). The minimum atomic E-state index is -0.688. The fourth-order valence-electron chi connectivity index (χ4n) is 2.40. The summed E-state index contributed by atoms with van der Waals surface area (Å²) < 4.78 is 6.84. The van der Waals surface area contributed by atoms with Gasteiger partial charge in [0.2, 0.25) is 0 Å². The Morgan fingerprint density at radius 3 is 2.78 bits per heavy atom. The largest absolute Gasteiger partial charge is 0.451 e. The standard InChI is InChI=1S/C14H17N5O4/c1-18-14(21)19(17-16-18)12-5-3-4-10(9-6-7-9)11(12)8-23-15-13(20)22-2/h3-5,9H,6-8H2,1-2H3,(H,15,20). The van der Waals surface area contributed by atoms with Crippen molar-refractivity contribution in [3.8, 4) is 5.69 Å². The Kier molecular flexibility index (Phi) is 4.11. The van der Waals surface area contributed by atoms with Crippen molar-refractivity contribution in [2.24, 2.45) is 7.05 Å². The third kappa shape index (κ3) is 3.09. The molecule has 0 spiro atoms. The predicted molar refractivity (Wildman–Crippen MR) is 78.9 cm³/mol. The van der Waals surface area contributed by atoms with E-state index in [4.69, 9.17) is 4.84 Å². The van der Waals surface area contributed by atoms with Crippen LogP contribution in [0, 0.1) is 0 Å². The molecule has 1 fully saturated rings. The number of hydrogen-bond donors (Lipinski definition) is 1. The van der Waals surface area contributed by atoms with Crippen molar-refractivity contribution in [1.29, 1.82) is 0 Å². The summed E-state index contributed by atoms with van der Waals surface area (Å²) in [6.45, 7) is 0.0973. The first-order valence-corrected chi connectivity index (χ1v) is 7.18. The van der Waals surface area contributed by atoms with E-state index in [1.54, 1.807) is 6.07 Å². The Labute approximate surface area is 131 Å². The summed E-state index contributed by atoms with van der Waals surface area (Å²) in [6.07, 6.45) is 1.50. The van der Waals surface area contributed by atoms with Crippen LogP contribution in [0.15, 0.2) is 23.0 Å². The topological polar surface area (TPSA) is 100 Å². The summed E-state index contributed by atoms with van der Waals surface area (Å²) in [5.41, 5.74) is 4.31. The first kappa shape index (κ1) is 15.2. The van der Waals surface area contributed by atoms with Gasteiger partial charge in [0, 0.05) is 12.6 Å². The number of nitrogens with one attached hydrogen (secondary N) is 1. The van der Waals surface area contributed by atoms with E-state index in [-0.39, 0.29) is 12.3 Å². The van der Waals surface area contributed by atoms with Gasteiger partial charge in [0.15, 0.2) is 0 Å². The van der Waals surface area contributed by atoms with E-state index >= 15 is 0 Å². The maximum absolute atomic E-state index is 12.1. The van der Waals surface area contributed by atoms with E-state index in [0.29, 0.717) is 11.6 Å². The number of aryl methyl sites for hydroxylation is 1. The molecule has 9 nitrogen and oxygen atoms in total. The number of nitrogens with zero attached hydrogens (tertiary/aromatic N) is 4. The molecule has 23 heavy (non-hydrogen) atoms. The highest BCUT2D eigenvalue weighted by Gasteiger charge is 2.28. The number of ether oxygens (including phenoxy) is 1. The van der Waals surface area contributed by atoms with Crippen molar-refractivity contribution in [2.75, 3.05) is 7.11 Å². The second kappa shape index (κ2) is 6.21. The van der Waals surface area contributed by atoms with Gasteiger partial charge in [-0.1, -0.05) is 12.1 Å². The van der Waals surface area contributed by atoms with Crippen LogP contribution in [0.1, 0.15) is 29.9 Å². The molecular formula is C14H17N5O4. The lowest BCUT2D eigenvalue weighted by Crippen LogP contribution is -2.25. The number of benzene rings is 1. The molecule has 1 aromatic heterocycles. The molecule has 2 aromatic rings. The van der Waals surface area contributed by atoms with Crippen LogP contribution in [0.2, 0.25) is 0 Å². The molecular weight excluding hydrogens is 302 g/mol. The maximum Gasteiger partial charge on any atom is 0.431 e. The molecule has 0 saturated heterocycles. The number of amides is 1. The Hall–Kier alpha value is -2.68. The summed E-state index contributed by atoms with van der Waals surface area (Å²) in [6, 6.07) is 5.65. The van der Waals surface area contributed by atoms with Crippen molar-refractivity contribution >= 4 is 6.09 Å². The molecule has 1 amide bonds. The van der Waals surface area contributed by atoms with Gasteiger partial charge in [-0.3, -0.25) is 4.84 Å². The second-order valence-electron chi connectivity index (χ2n) is 5.30. The van der Waals surface area contributed by atoms with E-state index in [1.165, 1.54) is 18.8 Å². The normalized spacial score (nSPS) is 13.8. The molecule has 0 bridgehead atoms. The Bertz CT molecular complexity index is 778. The summed E-state index contributed by atoms with van der Waals surface area (Å²) in [5.74, 6) is 0.444. The lowest BCUT2D eigenvalue weighted by atomic mass is 10.0. The molecule has 1 heterocycles. The van der Waals surface area contributed by atoms with E-state index in [1.807, 2.05) is 12.1 Å². The fourth-order valence-corrected chi connectivity index (χ4v) is 2.40. The zero-order chi connectivity index (χ0) is 16.4. The van der Waals surface area contributed by atoms with Gasteiger partial charge in [-0.25, -0.2) is 9.59 Å². The van der Waals surface area contributed by atoms with Crippen LogP contribution >= 0.6 is 0 Å². The van der Waals surface area contributed by atoms with Crippen LogP contribution in [0.3, 0.4) is 0 Å². The average molecular weight is 319 g/mol. The average Bonchev–Trinajstić information content (AvgIpc) is 3.35. The van der Waals surface area contributed by atoms with Crippen LogP contribution in [0.4, 0.5) is 4.79 Å². The molecule has 1 saturated carbocycles. The van der Waals surface area contributed by atoms with E-state index in [2.05, 4.69) is 20.6 Å². The van der Waals surface area contributed by atoms with Gasteiger partial charge in [0.1, 0.15) is 6.61 Å². The highest BCUT2D eigenvalue weighted by molar-refractivity contribution is 5.65. The Morgan fingerprint density at radius 1 is 1.39 bits per heavy atom. The SMILES string of the molecule is COC(=O)NOCc1c(C2CC2)cccc1-n1nnn(C)c1=O. The summed E-state index contributed by atoms with van der Waals surface area (Å²) in [7, 11) is 2.78. The van der Waals surface area contributed by atoms with Crippen LogP contribution in [-0.4, -0.2) is 33.0 Å². The molecule has 0 aliphatic heterocycles. The van der Waals surface area contributed by atoms with Crippen molar-refractivity contribution in [3.63, 3.8) is 0 Å². The van der Waals surface area contributed by atoms with Gasteiger partial charge in [-0.2, -0.15) is 14.8 Å². The molecule has 1 aliphatic carbocycles. The molecule has 9 heteroatoms. The second-order valence-corrected chi connectivity index (χ2v) is 5.30.